The average molecular weight is 436 g/mol. The normalized spacial score (nSPS) is 20.0. The molecule has 0 spiro atoms. The third-order valence-electron chi connectivity index (χ3n) is 6.95. The van der Waals surface area contributed by atoms with E-state index in [4.69, 9.17) is 9.15 Å². The molecule has 2 aliphatic heterocycles. The van der Waals surface area contributed by atoms with Gasteiger partial charge in [-0.2, -0.15) is 0 Å². The van der Waals surface area contributed by atoms with Crippen molar-refractivity contribution in [3.63, 3.8) is 0 Å². The number of ether oxygens (including phenoxy) is 1. The number of hydrogen-bond donors (Lipinski definition) is 1. The minimum absolute atomic E-state index is 0.0728. The highest BCUT2D eigenvalue weighted by molar-refractivity contribution is 5.95. The van der Waals surface area contributed by atoms with Crippen LogP contribution in [0.3, 0.4) is 0 Å². The Morgan fingerprint density at radius 3 is 2.69 bits per heavy atom. The second-order valence-corrected chi connectivity index (χ2v) is 8.74. The van der Waals surface area contributed by atoms with Crippen molar-refractivity contribution in [1.29, 1.82) is 0 Å². The summed E-state index contributed by atoms with van der Waals surface area (Å²) < 4.78 is 10.7. The molecular weight excluding hydrogens is 406 g/mol. The highest BCUT2D eigenvalue weighted by atomic mass is 16.5. The number of carbonyl (C=O) groups is 2. The molecule has 1 N–H and O–H groups in total. The van der Waals surface area contributed by atoms with Crippen molar-refractivity contribution in [1.82, 2.24) is 14.8 Å². The molecule has 2 amide bonds. The lowest BCUT2D eigenvalue weighted by Crippen LogP contribution is -2.54. The molecule has 168 valence electrons. The van der Waals surface area contributed by atoms with Crippen molar-refractivity contribution in [3.05, 3.63) is 54.1 Å². The smallest absolute Gasteiger partial charge is 0.290 e. The Morgan fingerprint density at radius 2 is 1.94 bits per heavy atom. The van der Waals surface area contributed by atoms with Gasteiger partial charge in [0.1, 0.15) is 11.8 Å². The maximum absolute atomic E-state index is 13.4. The summed E-state index contributed by atoms with van der Waals surface area (Å²) in [6.07, 6.45) is 8.02. The lowest BCUT2D eigenvalue weighted by atomic mass is 9.88. The summed E-state index contributed by atoms with van der Waals surface area (Å²) in [5.74, 6) is 1.44. The maximum atomic E-state index is 13.4. The topological polar surface area (TPSA) is 78.8 Å². The number of amides is 2. The Hall–Kier alpha value is -3.22. The molecule has 32 heavy (non-hydrogen) atoms. The van der Waals surface area contributed by atoms with E-state index in [2.05, 4.69) is 17.2 Å². The summed E-state index contributed by atoms with van der Waals surface area (Å²) >= 11 is 0. The van der Waals surface area contributed by atoms with Crippen LogP contribution in [0, 0.1) is 0 Å². The fourth-order valence-corrected chi connectivity index (χ4v) is 5.18. The first-order valence-electron chi connectivity index (χ1n) is 11.4. The van der Waals surface area contributed by atoms with E-state index in [1.165, 1.54) is 17.2 Å². The molecule has 2 aromatic heterocycles. The largest absolute Gasteiger partial charge is 0.497 e. The number of methoxy groups -OCH3 is 1. The van der Waals surface area contributed by atoms with Gasteiger partial charge >= 0.3 is 0 Å². The van der Waals surface area contributed by atoms with Gasteiger partial charge in [0.2, 0.25) is 5.91 Å². The molecule has 0 saturated carbocycles. The summed E-state index contributed by atoms with van der Waals surface area (Å²) in [6, 6.07) is 9.07. The van der Waals surface area contributed by atoms with Crippen LogP contribution in [0.5, 0.6) is 5.75 Å². The molecule has 4 heterocycles. The number of rotatable bonds is 4. The Kier molecular flexibility index (Phi) is 5.64. The molecular formula is C25H29N3O4. The van der Waals surface area contributed by atoms with E-state index in [-0.39, 0.29) is 11.8 Å². The third kappa shape index (κ3) is 3.76. The van der Waals surface area contributed by atoms with Gasteiger partial charge in [-0.1, -0.05) is 0 Å². The molecule has 2 aliphatic rings. The van der Waals surface area contributed by atoms with Gasteiger partial charge in [0, 0.05) is 36.7 Å². The van der Waals surface area contributed by atoms with Crippen LogP contribution in [-0.2, 0) is 4.79 Å². The number of carbonyl (C=O) groups excluding carboxylic acids is 2. The first-order chi connectivity index (χ1) is 15.7. The number of H-pyrrole nitrogens is 1. The summed E-state index contributed by atoms with van der Waals surface area (Å²) in [5, 5.41) is 1.19. The zero-order chi connectivity index (χ0) is 22.1. The lowest BCUT2D eigenvalue weighted by Gasteiger charge is -2.39. The van der Waals surface area contributed by atoms with Gasteiger partial charge in [-0.3, -0.25) is 9.59 Å². The molecule has 0 bridgehead atoms. The zero-order valence-electron chi connectivity index (χ0n) is 18.4. The molecule has 7 nitrogen and oxygen atoms in total. The lowest BCUT2D eigenvalue weighted by molar-refractivity contribution is -0.138. The van der Waals surface area contributed by atoms with Crippen LogP contribution >= 0.6 is 0 Å². The van der Waals surface area contributed by atoms with Gasteiger partial charge in [0.05, 0.1) is 13.4 Å². The van der Waals surface area contributed by atoms with Gasteiger partial charge in [-0.05, 0) is 73.9 Å². The number of aromatic amines is 1. The van der Waals surface area contributed by atoms with E-state index in [0.29, 0.717) is 37.7 Å². The Balaban J connectivity index is 1.27. The van der Waals surface area contributed by atoms with E-state index in [0.717, 1.165) is 36.9 Å². The first-order valence-corrected chi connectivity index (χ1v) is 11.4. The fourth-order valence-electron chi connectivity index (χ4n) is 5.18. The minimum atomic E-state index is -0.393. The number of nitrogens with one attached hydrogen (secondary N) is 1. The van der Waals surface area contributed by atoms with Crippen LogP contribution in [0.2, 0.25) is 0 Å². The van der Waals surface area contributed by atoms with E-state index >= 15 is 0 Å². The number of likely N-dealkylation sites (tertiary alicyclic amines) is 2. The monoisotopic (exact) mass is 435 g/mol. The van der Waals surface area contributed by atoms with Crippen LogP contribution in [0.15, 0.2) is 47.2 Å². The molecule has 3 aromatic rings. The number of piperidine rings is 2. The molecule has 1 unspecified atom stereocenters. The minimum Gasteiger partial charge on any atom is -0.497 e. The summed E-state index contributed by atoms with van der Waals surface area (Å²) in [6.45, 7) is 2.02. The number of furan rings is 1. The second kappa shape index (κ2) is 8.73. The van der Waals surface area contributed by atoms with Crippen molar-refractivity contribution in [2.45, 2.75) is 44.1 Å². The Bertz CT molecular complexity index is 1100. The van der Waals surface area contributed by atoms with E-state index in [1.54, 1.807) is 24.1 Å². The summed E-state index contributed by atoms with van der Waals surface area (Å²) in [4.78, 5) is 33.3. The molecule has 5 rings (SSSR count). The van der Waals surface area contributed by atoms with E-state index in [1.807, 2.05) is 17.0 Å². The number of nitrogens with zero attached hydrogens (tertiary/aromatic N) is 2. The Labute approximate surface area is 187 Å². The number of hydrogen-bond acceptors (Lipinski definition) is 4. The quantitative estimate of drug-likeness (QED) is 0.667. The van der Waals surface area contributed by atoms with Crippen molar-refractivity contribution >= 4 is 22.7 Å². The highest BCUT2D eigenvalue weighted by Gasteiger charge is 2.37. The zero-order valence-corrected chi connectivity index (χ0v) is 18.4. The molecule has 7 heteroatoms. The standard InChI is InChI=1S/C25H29N3O4/c1-31-18-7-8-21-19(15-18)20(16-26-21)17-9-12-27(13-10-17)24(29)22-5-2-3-11-28(22)25(30)23-6-4-14-32-23/h4,6-8,14-17,22,26H,2-3,5,9-13H2,1H3. The Morgan fingerprint density at radius 1 is 1.09 bits per heavy atom. The van der Waals surface area contributed by atoms with Crippen LogP contribution in [0.1, 0.15) is 54.1 Å². The summed E-state index contributed by atoms with van der Waals surface area (Å²) in [5.41, 5.74) is 2.40. The van der Waals surface area contributed by atoms with Crippen LogP contribution in [-0.4, -0.2) is 59.4 Å². The van der Waals surface area contributed by atoms with Crippen molar-refractivity contribution in [2.24, 2.45) is 0 Å². The van der Waals surface area contributed by atoms with Crippen molar-refractivity contribution in [2.75, 3.05) is 26.7 Å². The molecule has 1 aromatic carbocycles. The van der Waals surface area contributed by atoms with Crippen LogP contribution in [0.4, 0.5) is 0 Å². The molecule has 2 saturated heterocycles. The average Bonchev–Trinajstić information content (AvgIpc) is 3.53. The fraction of sp³-hybridized carbons (Fsp3) is 0.440. The number of benzene rings is 1. The molecule has 2 fully saturated rings. The van der Waals surface area contributed by atoms with Crippen molar-refractivity contribution in [3.8, 4) is 5.75 Å². The first kappa shape index (κ1) is 20.7. The maximum Gasteiger partial charge on any atom is 0.290 e. The third-order valence-corrected chi connectivity index (χ3v) is 6.95. The van der Waals surface area contributed by atoms with Crippen molar-refractivity contribution < 1.29 is 18.7 Å². The predicted octanol–water partition coefficient (Wildman–Crippen LogP) is 4.17. The van der Waals surface area contributed by atoms with Gasteiger partial charge in [0.15, 0.2) is 5.76 Å². The second-order valence-electron chi connectivity index (χ2n) is 8.74. The summed E-state index contributed by atoms with van der Waals surface area (Å²) in [7, 11) is 1.68. The molecule has 1 atom stereocenters. The highest BCUT2D eigenvalue weighted by Crippen LogP contribution is 2.35. The van der Waals surface area contributed by atoms with Crippen LogP contribution < -0.4 is 4.74 Å². The van der Waals surface area contributed by atoms with E-state index < -0.39 is 6.04 Å². The predicted molar refractivity (Wildman–Crippen MR) is 121 cm³/mol. The van der Waals surface area contributed by atoms with Crippen LogP contribution in [0.25, 0.3) is 10.9 Å². The van der Waals surface area contributed by atoms with Gasteiger partial charge in [-0.25, -0.2) is 0 Å². The number of aromatic nitrogens is 1. The van der Waals surface area contributed by atoms with Gasteiger partial charge in [-0.15, -0.1) is 0 Å². The SMILES string of the molecule is COc1ccc2[nH]cc(C3CCN(C(=O)C4CCCCN4C(=O)c4ccco4)CC3)c2c1. The van der Waals surface area contributed by atoms with Gasteiger partial charge < -0.3 is 23.9 Å². The molecule has 0 aliphatic carbocycles. The molecule has 0 radical (unpaired) electrons. The van der Waals surface area contributed by atoms with Gasteiger partial charge in [0.25, 0.3) is 5.91 Å². The van der Waals surface area contributed by atoms with E-state index in [9.17, 15) is 9.59 Å². The number of fused-ring (bicyclic) bond motifs is 1.